The van der Waals surface area contributed by atoms with E-state index in [1.807, 2.05) is 0 Å². The molecule has 4 aliphatic heterocycles. The first-order chi connectivity index (χ1) is 24.0. The smallest absolute Gasteiger partial charge is 0.409 e. The van der Waals surface area contributed by atoms with Gasteiger partial charge in [-0.15, -0.1) is 0 Å². The van der Waals surface area contributed by atoms with E-state index in [0.717, 1.165) is 13.0 Å². The van der Waals surface area contributed by atoms with E-state index in [0.29, 0.717) is 32.3 Å². The SMILES string of the molecule is COC(=O)/C=C1\C[C@H]2C[C@H](CO)OC(=O)C[C@H](O)C[C@@H]3C[C@H](OC(=O)N(C)C)C[C@H](C[C@@H]4CCO[C@H](/C=C/C(C)(C)[C@](O)(O2)[C@H]1OC(C)=O)O4)O3. The van der Waals surface area contributed by atoms with Crippen LogP contribution in [0.5, 0.6) is 0 Å². The summed E-state index contributed by atoms with van der Waals surface area (Å²) in [5.41, 5.74) is -1.16. The van der Waals surface area contributed by atoms with Crippen molar-refractivity contribution in [1.82, 2.24) is 4.90 Å². The Hall–Kier alpha value is -3.12. The fraction of sp³-hybridized carbons (Fsp3) is 0.771. The summed E-state index contributed by atoms with van der Waals surface area (Å²) >= 11 is 0. The molecule has 4 rings (SSSR count). The Labute approximate surface area is 297 Å². The summed E-state index contributed by atoms with van der Waals surface area (Å²) in [7, 11) is 4.35. The van der Waals surface area contributed by atoms with Gasteiger partial charge in [-0.25, -0.2) is 9.59 Å². The van der Waals surface area contributed by atoms with Gasteiger partial charge in [0.05, 0.1) is 57.3 Å². The maximum absolute atomic E-state index is 13.0. The summed E-state index contributed by atoms with van der Waals surface area (Å²) < 4.78 is 46.4. The van der Waals surface area contributed by atoms with Crippen LogP contribution >= 0.6 is 0 Å². The van der Waals surface area contributed by atoms with E-state index in [9.17, 15) is 34.5 Å². The topological polar surface area (TPSA) is 206 Å². The van der Waals surface area contributed by atoms with Crippen LogP contribution in [0.25, 0.3) is 0 Å². The molecule has 3 saturated heterocycles. The van der Waals surface area contributed by atoms with Gasteiger partial charge in [-0.05, 0) is 24.5 Å². The Kier molecular flexibility index (Phi) is 14.0. The second kappa shape index (κ2) is 17.6. The van der Waals surface area contributed by atoms with Crippen LogP contribution in [-0.4, -0.2) is 140 Å². The van der Waals surface area contributed by atoms with Gasteiger partial charge in [0, 0.05) is 64.6 Å². The molecule has 10 atom stereocenters. The zero-order chi connectivity index (χ0) is 37.5. The van der Waals surface area contributed by atoms with Crippen molar-refractivity contribution in [2.75, 3.05) is 34.4 Å². The number of nitrogens with zero attached hydrogens (tertiary/aromatic N) is 1. The number of fused-ring (bicyclic) bond motifs is 6. The number of cyclic esters (lactones) is 1. The summed E-state index contributed by atoms with van der Waals surface area (Å²) in [5, 5.41) is 33.5. The number of hydrogen-bond donors (Lipinski definition) is 3. The van der Waals surface area contributed by atoms with Crippen LogP contribution < -0.4 is 0 Å². The molecular formula is C35H53NO15. The summed E-state index contributed by atoms with van der Waals surface area (Å²) in [6.07, 6.45) is -2.36. The first kappa shape index (κ1) is 40.6. The predicted octanol–water partition coefficient (Wildman–Crippen LogP) is 1.66. The summed E-state index contributed by atoms with van der Waals surface area (Å²) in [6.45, 7) is 4.17. The highest BCUT2D eigenvalue weighted by Gasteiger charge is 2.57. The third-order valence-corrected chi connectivity index (χ3v) is 9.49. The van der Waals surface area contributed by atoms with Crippen molar-refractivity contribution in [2.45, 2.75) is 133 Å². The van der Waals surface area contributed by atoms with Crippen molar-refractivity contribution in [3.63, 3.8) is 0 Å². The van der Waals surface area contributed by atoms with Crippen molar-refractivity contribution in [3.8, 4) is 0 Å². The van der Waals surface area contributed by atoms with Crippen LogP contribution in [0.15, 0.2) is 23.8 Å². The van der Waals surface area contributed by atoms with Gasteiger partial charge in [-0.2, -0.15) is 0 Å². The van der Waals surface area contributed by atoms with Gasteiger partial charge >= 0.3 is 24.0 Å². The molecular weight excluding hydrogens is 674 g/mol. The molecule has 16 heteroatoms. The van der Waals surface area contributed by atoms with E-state index in [4.69, 9.17) is 37.9 Å². The molecule has 288 valence electrons. The molecule has 0 unspecified atom stereocenters. The molecule has 0 aliphatic carbocycles. The zero-order valence-corrected chi connectivity index (χ0v) is 30.2. The number of hydrogen-bond acceptors (Lipinski definition) is 15. The Balaban J connectivity index is 1.69. The fourth-order valence-electron chi connectivity index (χ4n) is 6.87. The fourth-order valence-corrected chi connectivity index (χ4v) is 6.87. The van der Waals surface area contributed by atoms with Gasteiger partial charge in [-0.1, -0.05) is 19.9 Å². The average molecular weight is 728 g/mol. The number of methoxy groups -OCH3 is 1. The summed E-state index contributed by atoms with van der Waals surface area (Å²) in [6, 6.07) is 0. The second-order valence-corrected chi connectivity index (χ2v) is 14.4. The van der Waals surface area contributed by atoms with Crippen molar-refractivity contribution in [3.05, 3.63) is 23.8 Å². The molecule has 0 radical (unpaired) electrons. The van der Waals surface area contributed by atoms with Crippen LogP contribution in [0.1, 0.15) is 72.1 Å². The van der Waals surface area contributed by atoms with Gasteiger partial charge in [-0.3, -0.25) is 9.59 Å². The zero-order valence-electron chi connectivity index (χ0n) is 30.2. The lowest BCUT2D eigenvalue weighted by Gasteiger charge is -2.50. The molecule has 6 bridgehead atoms. The molecule has 3 fully saturated rings. The van der Waals surface area contributed by atoms with Gasteiger partial charge < -0.3 is 58.1 Å². The van der Waals surface area contributed by atoms with Gasteiger partial charge in [0.25, 0.3) is 0 Å². The van der Waals surface area contributed by atoms with E-state index in [1.165, 1.54) is 12.0 Å². The van der Waals surface area contributed by atoms with Gasteiger partial charge in [0.15, 0.2) is 12.4 Å². The lowest BCUT2D eigenvalue weighted by molar-refractivity contribution is -0.327. The lowest BCUT2D eigenvalue weighted by Crippen LogP contribution is -2.62. The molecule has 51 heavy (non-hydrogen) atoms. The normalized spacial score (nSPS) is 37.6. The molecule has 0 saturated carbocycles. The lowest BCUT2D eigenvalue weighted by atomic mass is 9.74. The van der Waals surface area contributed by atoms with Crippen molar-refractivity contribution >= 4 is 24.0 Å². The standard InChI is InChI=1S/C35H53NO15/c1-20(38)46-32-21(12-29(40)44-6)11-27-18-28(19-37)48-30(41)14-22(39)13-24-16-26(50-33(42)36(4)5)17-25(47-24)15-23-8-10-45-31(49-23)7-9-34(2,3)35(32,43)51-27/h7,9,12,22-28,31-32,37,39,43H,8,10-11,13-19H2,1-6H3/b9-7+,21-12+/t22-,23+,24-,25+,26+,27+,28-,31+,32+,35-/m1/s1. The maximum Gasteiger partial charge on any atom is 0.409 e. The van der Waals surface area contributed by atoms with Crippen LogP contribution in [0.4, 0.5) is 4.79 Å². The minimum Gasteiger partial charge on any atom is -0.466 e. The molecule has 4 aliphatic rings. The van der Waals surface area contributed by atoms with E-state index < -0.39 is 97.2 Å². The number of aliphatic hydroxyl groups is 3. The highest BCUT2D eigenvalue weighted by molar-refractivity contribution is 5.83. The molecule has 4 heterocycles. The Morgan fingerprint density at radius 2 is 1.71 bits per heavy atom. The van der Waals surface area contributed by atoms with Crippen molar-refractivity contribution < 1.29 is 72.4 Å². The first-order valence-electron chi connectivity index (χ1n) is 17.4. The molecule has 0 spiro atoms. The number of aliphatic hydroxyl groups excluding tert-OH is 2. The van der Waals surface area contributed by atoms with E-state index in [-0.39, 0.29) is 30.9 Å². The Morgan fingerprint density at radius 3 is 2.35 bits per heavy atom. The number of ether oxygens (including phenoxy) is 8. The summed E-state index contributed by atoms with van der Waals surface area (Å²) in [5.74, 6) is -4.59. The van der Waals surface area contributed by atoms with Crippen LogP contribution in [0.3, 0.4) is 0 Å². The Morgan fingerprint density at radius 1 is 1.00 bits per heavy atom. The highest BCUT2D eigenvalue weighted by Crippen LogP contribution is 2.46. The van der Waals surface area contributed by atoms with Crippen LogP contribution in [0.2, 0.25) is 0 Å². The van der Waals surface area contributed by atoms with E-state index >= 15 is 0 Å². The maximum atomic E-state index is 13.0. The quantitative estimate of drug-likeness (QED) is 0.163. The Bertz CT molecular complexity index is 1300. The number of esters is 3. The average Bonchev–Trinajstić information content (AvgIpc) is 3.04. The number of carbonyl (C=O) groups excluding carboxylic acids is 4. The minimum absolute atomic E-state index is 0.0535. The molecule has 16 nitrogen and oxygen atoms in total. The first-order valence-corrected chi connectivity index (χ1v) is 17.4. The number of amides is 1. The van der Waals surface area contributed by atoms with Crippen molar-refractivity contribution in [1.29, 1.82) is 0 Å². The molecule has 0 aromatic carbocycles. The van der Waals surface area contributed by atoms with Gasteiger partial charge in [0.1, 0.15) is 12.2 Å². The molecule has 0 aromatic heterocycles. The number of rotatable bonds is 4. The van der Waals surface area contributed by atoms with E-state index in [1.54, 1.807) is 40.1 Å². The minimum atomic E-state index is -2.29. The third-order valence-electron chi connectivity index (χ3n) is 9.49. The van der Waals surface area contributed by atoms with E-state index in [2.05, 4.69) is 0 Å². The predicted molar refractivity (Wildman–Crippen MR) is 176 cm³/mol. The highest BCUT2D eigenvalue weighted by atomic mass is 16.7. The van der Waals surface area contributed by atoms with Crippen LogP contribution in [-0.2, 0) is 52.3 Å². The number of carbonyl (C=O) groups is 4. The summed E-state index contributed by atoms with van der Waals surface area (Å²) in [4.78, 5) is 51.5. The molecule has 1 amide bonds. The third kappa shape index (κ3) is 10.9. The largest absolute Gasteiger partial charge is 0.466 e. The van der Waals surface area contributed by atoms with Gasteiger partial charge in [0.2, 0.25) is 5.79 Å². The molecule has 0 aromatic rings. The van der Waals surface area contributed by atoms with Crippen LogP contribution in [0, 0.1) is 5.41 Å². The second-order valence-electron chi connectivity index (χ2n) is 14.4. The monoisotopic (exact) mass is 727 g/mol. The molecule has 3 N–H and O–H groups in total. The van der Waals surface area contributed by atoms with Crippen molar-refractivity contribution in [2.24, 2.45) is 5.41 Å².